The molecule has 4 heteroatoms. The van der Waals surface area contributed by atoms with Crippen LogP contribution in [0, 0.1) is 0 Å². The first kappa shape index (κ1) is 17.3. The van der Waals surface area contributed by atoms with E-state index in [4.69, 9.17) is 0 Å². The molecule has 1 aromatic carbocycles. The molecule has 0 atom stereocenters. The van der Waals surface area contributed by atoms with E-state index in [1.165, 1.54) is 32.4 Å². The van der Waals surface area contributed by atoms with Crippen LogP contribution in [0.1, 0.15) is 50.5 Å². The number of carboxylic acid groups (broad SMARTS) is 1. The minimum absolute atomic E-state index is 0. The maximum atomic E-state index is 11.9. The molecule has 3 nitrogen and oxygen atoms in total. The van der Waals surface area contributed by atoms with Crippen molar-refractivity contribution >= 4 is 18.4 Å². The van der Waals surface area contributed by atoms with Gasteiger partial charge < -0.3 is 10.0 Å². The van der Waals surface area contributed by atoms with Gasteiger partial charge in [-0.2, -0.15) is 0 Å². The fourth-order valence-corrected chi connectivity index (χ4v) is 4.13. The van der Waals surface area contributed by atoms with Gasteiger partial charge >= 0.3 is 5.97 Å². The van der Waals surface area contributed by atoms with Crippen LogP contribution in [0.5, 0.6) is 0 Å². The molecule has 0 bridgehead atoms. The highest BCUT2D eigenvalue weighted by molar-refractivity contribution is 5.85. The number of carbonyl (C=O) groups is 1. The molecular weight excluding hydrogens is 298 g/mol. The Morgan fingerprint density at radius 1 is 1.05 bits per heavy atom. The molecule has 1 saturated heterocycles. The maximum absolute atomic E-state index is 11.9. The second-order valence-corrected chi connectivity index (χ2v) is 6.58. The van der Waals surface area contributed by atoms with Crippen molar-refractivity contribution in [2.75, 3.05) is 13.1 Å². The van der Waals surface area contributed by atoms with Crippen molar-refractivity contribution in [3.05, 3.63) is 35.9 Å². The van der Waals surface area contributed by atoms with Crippen molar-refractivity contribution in [3.63, 3.8) is 0 Å². The van der Waals surface area contributed by atoms with E-state index >= 15 is 0 Å². The third-order valence-corrected chi connectivity index (χ3v) is 5.45. The lowest BCUT2D eigenvalue weighted by molar-refractivity contribution is -0.145. The van der Waals surface area contributed by atoms with Gasteiger partial charge in [0.25, 0.3) is 0 Å². The van der Waals surface area contributed by atoms with Crippen molar-refractivity contribution in [1.29, 1.82) is 0 Å². The normalized spacial score (nSPS) is 29.5. The van der Waals surface area contributed by atoms with E-state index in [9.17, 15) is 9.90 Å². The molecule has 0 radical (unpaired) electrons. The van der Waals surface area contributed by atoms with Gasteiger partial charge in [-0.3, -0.25) is 4.79 Å². The Labute approximate surface area is 139 Å². The molecule has 0 aromatic heterocycles. The molecule has 1 aliphatic carbocycles. The van der Waals surface area contributed by atoms with Crippen LogP contribution in [-0.2, 0) is 10.2 Å². The van der Waals surface area contributed by atoms with Crippen LogP contribution in [0.2, 0.25) is 0 Å². The third kappa shape index (κ3) is 3.31. The summed E-state index contributed by atoms with van der Waals surface area (Å²) in [7, 11) is 0. The number of hydrogen-bond acceptors (Lipinski definition) is 2. The molecule has 2 aliphatic rings. The lowest BCUT2D eigenvalue weighted by Crippen LogP contribution is -2.47. The Bertz CT molecular complexity index is 477. The SMILES string of the molecule is Cl.O=C(O)C1(c2ccccc2)CCC(N2CCCCC2)CC1. The van der Waals surface area contributed by atoms with E-state index in [0.29, 0.717) is 6.04 Å². The molecule has 1 aliphatic heterocycles. The molecule has 0 unspecified atom stereocenters. The molecule has 1 saturated carbocycles. The minimum Gasteiger partial charge on any atom is -0.481 e. The summed E-state index contributed by atoms with van der Waals surface area (Å²) in [5.74, 6) is -0.647. The van der Waals surface area contributed by atoms with Crippen LogP contribution in [0.4, 0.5) is 0 Å². The molecule has 1 aromatic rings. The molecular formula is C18H26ClNO2. The van der Waals surface area contributed by atoms with Gasteiger partial charge in [0.2, 0.25) is 0 Å². The highest BCUT2D eigenvalue weighted by Crippen LogP contribution is 2.41. The Kier molecular flexibility index (Phi) is 5.87. The van der Waals surface area contributed by atoms with Crippen molar-refractivity contribution < 1.29 is 9.90 Å². The van der Waals surface area contributed by atoms with Gasteiger partial charge in [-0.15, -0.1) is 12.4 Å². The number of nitrogens with zero attached hydrogens (tertiary/aromatic N) is 1. The standard InChI is InChI=1S/C18H25NO2.ClH/c20-17(21)18(15-7-3-1-4-8-15)11-9-16(10-12-18)19-13-5-2-6-14-19;/h1,3-4,7-8,16H,2,5-6,9-14H2,(H,20,21);1H. The largest absolute Gasteiger partial charge is 0.481 e. The van der Waals surface area contributed by atoms with Crippen molar-refractivity contribution in [1.82, 2.24) is 4.90 Å². The Balaban J connectivity index is 0.00000176. The van der Waals surface area contributed by atoms with Gasteiger partial charge in [0, 0.05) is 6.04 Å². The summed E-state index contributed by atoms with van der Waals surface area (Å²) in [4.78, 5) is 14.5. The lowest BCUT2D eigenvalue weighted by Gasteiger charge is -2.42. The first-order valence-electron chi connectivity index (χ1n) is 8.25. The predicted octanol–water partition coefficient (Wildman–Crippen LogP) is 3.86. The third-order valence-electron chi connectivity index (χ3n) is 5.45. The van der Waals surface area contributed by atoms with Crippen molar-refractivity contribution in [3.8, 4) is 0 Å². The van der Waals surface area contributed by atoms with E-state index in [0.717, 1.165) is 31.2 Å². The summed E-state index contributed by atoms with van der Waals surface area (Å²) in [6, 6.07) is 10.4. The van der Waals surface area contributed by atoms with E-state index in [2.05, 4.69) is 4.90 Å². The molecule has 2 fully saturated rings. The van der Waals surface area contributed by atoms with Crippen LogP contribution in [0.15, 0.2) is 30.3 Å². The number of rotatable bonds is 3. The molecule has 0 spiro atoms. The number of carboxylic acids is 1. The van der Waals surface area contributed by atoms with Crippen molar-refractivity contribution in [2.24, 2.45) is 0 Å². The Morgan fingerprint density at radius 2 is 1.64 bits per heavy atom. The monoisotopic (exact) mass is 323 g/mol. The van der Waals surface area contributed by atoms with Crippen molar-refractivity contribution in [2.45, 2.75) is 56.4 Å². The topological polar surface area (TPSA) is 40.5 Å². The molecule has 1 N–H and O–H groups in total. The molecule has 0 amide bonds. The highest BCUT2D eigenvalue weighted by Gasteiger charge is 2.44. The summed E-state index contributed by atoms with van der Waals surface area (Å²) >= 11 is 0. The smallest absolute Gasteiger partial charge is 0.314 e. The fourth-order valence-electron chi connectivity index (χ4n) is 4.13. The summed E-state index contributed by atoms with van der Waals surface area (Å²) in [6.07, 6.45) is 7.54. The zero-order chi connectivity index (χ0) is 14.7. The molecule has 3 rings (SSSR count). The lowest BCUT2D eigenvalue weighted by atomic mass is 9.68. The summed E-state index contributed by atoms with van der Waals surface area (Å²) in [6.45, 7) is 2.41. The number of halogens is 1. The average molecular weight is 324 g/mol. The van der Waals surface area contributed by atoms with Crippen LogP contribution >= 0.6 is 12.4 Å². The van der Waals surface area contributed by atoms with Gasteiger partial charge in [-0.1, -0.05) is 36.8 Å². The van der Waals surface area contributed by atoms with E-state index in [1.54, 1.807) is 0 Å². The first-order chi connectivity index (χ1) is 10.2. The number of benzene rings is 1. The second kappa shape index (κ2) is 7.47. The Hall–Kier alpha value is -1.06. The maximum Gasteiger partial charge on any atom is 0.314 e. The van der Waals surface area contributed by atoms with E-state index in [1.807, 2.05) is 30.3 Å². The zero-order valence-electron chi connectivity index (χ0n) is 13.0. The molecule has 1 heterocycles. The highest BCUT2D eigenvalue weighted by atomic mass is 35.5. The van der Waals surface area contributed by atoms with E-state index < -0.39 is 11.4 Å². The summed E-state index contributed by atoms with van der Waals surface area (Å²) < 4.78 is 0. The molecule has 22 heavy (non-hydrogen) atoms. The van der Waals surface area contributed by atoms with Gasteiger partial charge in [0.15, 0.2) is 0 Å². The predicted molar refractivity (Wildman–Crippen MR) is 90.7 cm³/mol. The second-order valence-electron chi connectivity index (χ2n) is 6.58. The van der Waals surface area contributed by atoms with Gasteiger partial charge in [-0.25, -0.2) is 0 Å². The summed E-state index contributed by atoms with van der Waals surface area (Å²) in [5, 5.41) is 9.83. The fraction of sp³-hybridized carbons (Fsp3) is 0.611. The first-order valence-corrected chi connectivity index (χ1v) is 8.25. The Morgan fingerprint density at radius 3 is 2.18 bits per heavy atom. The number of likely N-dealkylation sites (tertiary alicyclic amines) is 1. The van der Waals surface area contributed by atoms with Crippen LogP contribution in [0.3, 0.4) is 0 Å². The number of piperidine rings is 1. The molecule has 122 valence electrons. The van der Waals surface area contributed by atoms with Crippen LogP contribution < -0.4 is 0 Å². The quantitative estimate of drug-likeness (QED) is 0.918. The van der Waals surface area contributed by atoms with Crippen LogP contribution in [0.25, 0.3) is 0 Å². The minimum atomic E-state index is -0.659. The van der Waals surface area contributed by atoms with Gasteiger partial charge in [-0.05, 0) is 57.2 Å². The zero-order valence-corrected chi connectivity index (χ0v) is 13.9. The van der Waals surface area contributed by atoms with Crippen LogP contribution in [-0.4, -0.2) is 35.1 Å². The summed E-state index contributed by atoms with van der Waals surface area (Å²) in [5.41, 5.74) is 0.322. The van der Waals surface area contributed by atoms with E-state index in [-0.39, 0.29) is 12.4 Å². The average Bonchev–Trinajstić information content (AvgIpc) is 2.56. The number of aliphatic carboxylic acids is 1. The number of hydrogen-bond donors (Lipinski definition) is 1. The van der Waals surface area contributed by atoms with Gasteiger partial charge in [0.05, 0.1) is 5.41 Å². The van der Waals surface area contributed by atoms with Gasteiger partial charge in [0.1, 0.15) is 0 Å².